The third-order valence-electron chi connectivity index (χ3n) is 4.18. The highest BCUT2D eigenvalue weighted by Crippen LogP contribution is 2.37. The van der Waals surface area contributed by atoms with Crippen molar-refractivity contribution in [2.75, 3.05) is 6.54 Å². The lowest BCUT2D eigenvalue weighted by molar-refractivity contribution is -0.134. The van der Waals surface area contributed by atoms with Crippen molar-refractivity contribution < 1.29 is 4.79 Å². The zero-order valence-electron chi connectivity index (χ0n) is 13.5. The molecule has 0 atom stereocenters. The van der Waals surface area contributed by atoms with Crippen molar-refractivity contribution in [3.63, 3.8) is 0 Å². The highest BCUT2D eigenvalue weighted by atomic mass is 16.2. The van der Waals surface area contributed by atoms with Crippen molar-refractivity contribution in [3.05, 3.63) is 34.9 Å². The smallest absolute Gasteiger partial charge is 0.226 e. The molecule has 2 aliphatic rings. The topological polar surface area (TPSA) is 20.3 Å². The number of fused-ring (bicyclic) bond motifs is 1. The fraction of sp³-hybridized carbons (Fsp3) is 0.611. The van der Waals surface area contributed by atoms with Crippen molar-refractivity contribution in [2.24, 2.45) is 5.92 Å². The van der Waals surface area contributed by atoms with Crippen LogP contribution in [0.3, 0.4) is 0 Å². The Morgan fingerprint density at radius 3 is 2.50 bits per heavy atom. The molecule has 0 aromatic heterocycles. The first-order valence-corrected chi connectivity index (χ1v) is 7.86. The molecule has 1 saturated carbocycles. The van der Waals surface area contributed by atoms with E-state index in [1.54, 1.807) is 0 Å². The molecule has 2 nitrogen and oxygen atoms in total. The molecule has 0 N–H and O–H groups in total. The molecule has 0 saturated heterocycles. The summed E-state index contributed by atoms with van der Waals surface area (Å²) < 4.78 is 0. The van der Waals surface area contributed by atoms with Gasteiger partial charge in [-0.1, -0.05) is 51.5 Å². The molecular formula is C18H27NO. The molecule has 1 fully saturated rings. The zero-order chi connectivity index (χ0) is 14.9. The van der Waals surface area contributed by atoms with Crippen LogP contribution in [0.2, 0.25) is 0 Å². The first-order chi connectivity index (χ1) is 9.47. The van der Waals surface area contributed by atoms with Crippen LogP contribution in [0.5, 0.6) is 0 Å². The van der Waals surface area contributed by atoms with Crippen LogP contribution in [0.15, 0.2) is 18.2 Å². The van der Waals surface area contributed by atoms with Crippen LogP contribution in [0, 0.1) is 12.8 Å². The third-order valence-corrected chi connectivity index (χ3v) is 4.18. The molecule has 1 amide bonds. The number of carbonyl (C=O) groups is 1. The van der Waals surface area contributed by atoms with Crippen molar-refractivity contribution >= 4 is 5.91 Å². The maximum absolute atomic E-state index is 12.3. The second kappa shape index (κ2) is 5.59. The van der Waals surface area contributed by atoms with Gasteiger partial charge in [0.15, 0.2) is 0 Å². The van der Waals surface area contributed by atoms with Gasteiger partial charge >= 0.3 is 0 Å². The Kier molecular flexibility index (Phi) is 4.22. The van der Waals surface area contributed by atoms with Crippen LogP contribution < -0.4 is 0 Å². The van der Waals surface area contributed by atoms with Gasteiger partial charge in [-0.15, -0.1) is 0 Å². The first kappa shape index (κ1) is 15.1. The molecule has 1 aromatic carbocycles. The van der Waals surface area contributed by atoms with Crippen molar-refractivity contribution in [3.8, 4) is 0 Å². The molecule has 0 unspecified atom stereocenters. The van der Waals surface area contributed by atoms with Crippen LogP contribution in [0.1, 0.15) is 57.2 Å². The summed E-state index contributed by atoms with van der Waals surface area (Å²) >= 11 is 0. The molecule has 1 aliphatic carbocycles. The van der Waals surface area contributed by atoms with E-state index in [1.807, 2.05) is 13.8 Å². The van der Waals surface area contributed by atoms with E-state index in [0.29, 0.717) is 11.8 Å². The second-order valence-corrected chi connectivity index (χ2v) is 6.51. The van der Waals surface area contributed by atoms with Crippen LogP contribution in [0.25, 0.3) is 0 Å². The molecule has 2 heteroatoms. The number of nitrogens with zero attached hydrogens (tertiary/aromatic N) is 1. The van der Waals surface area contributed by atoms with E-state index in [0.717, 1.165) is 25.9 Å². The highest BCUT2D eigenvalue weighted by molar-refractivity contribution is 5.81. The average molecular weight is 273 g/mol. The average Bonchev–Trinajstić information content (AvgIpc) is 3.25. The molecular weight excluding hydrogens is 246 g/mol. The quantitative estimate of drug-likeness (QED) is 0.756. The summed E-state index contributed by atoms with van der Waals surface area (Å²) in [6.07, 6.45) is 2.19. The first-order valence-electron chi connectivity index (χ1n) is 7.86. The highest BCUT2D eigenvalue weighted by Gasteiger charge is 2.39. The van der Waals surface area contributed by atoms with E-state index in [-0.39, 0.29) is 5.41 Å². The number of carbonyl (C=O) groups excluding carboxylic acids is 1. The Labute approximate surface area is 123 Å². The normalized spacial score (nSPS) is 19.8. The summed E-state index contributed by atoms with van der Waals surface area (Å²) in [5.74, 6) is 0.696. The number of amides is 1. The van der Waals surface area contributed by atoms with Crippen LogP contribution in [-0.4, -0.2) is 17.4 Å². The maximum Gasteiger partial charge on any atom is 0.226 e. The van der Waals surface area contributed by atoms with E-state index in [1.165, 1.54) is 16.7 Å². The van der Waals surface area contributed by atoms with Crippen LogP contribution >= 0.6 is 0 Å². The molecule has 110 valence electrons. The third kappa shape index (κ3) is 2.89. The number of benzene rings is 1. The minimum absolute atomic E-state index is 0.0736. The lowest BCUT2D eigenvalue weighted by Gasteiger charge is -2.40. The van der Waals surface area contributed by atoms with E-state index >= 15 is 0 Å². The van der Waals surface area contributed by atoms with E-state index < -0.39 is 0 Å². The Hall–Kier alpha value is -1.31. The summed E-state index contributed by atoms with van der Waals surface area (Å²) in [4.78, 5) is 14.3. The number of hydrogen-bond donors (Lipinski definition) is 0. The van der Waals surface area contributed by atoms with E-state index in [4.69, 9.17) is 0 Å². The Morgan fingerprint density at radius 1 is 1.25 bits per heavy atom. The minimum Gasteiger partial charge on any atom is -0.337 e. The molecule has 0 radical (unpaired) electrons. The lowest BCUT2D eigenvalue weighted by atomic mass is 9.77. The summed E-state index contributed by atoms with van der Waals surface area (Å²) in [6, 6.07) is 6.63. The van der Waals surface area contributed by atoms with Gasteiger partial charge in [-0.05, 0) is 30.9 Å². The minimum atomic E-state index is 0.0736. The number of rotatable bonds is 1. The van der Waals surface area contributed by atoms with E-state index in [2.05, 4.69) is 43.9 Å². The Morgan fingerprint density at radius 2 is 1.90 bits per heavy atom. The lowest BCUT2D eigenvalue weighted by Crippen LogP contribution is -2.45. The molecule has 0 bridgehead atoms. The summed E-state index contributed by atoms with van der Waals surface area (Å²) in [5.41, 5.74) is 4.13. The molecule has 1 aliphatic heterocycles. The fourth-order valence-electron chi connectivity index (χ4n) is 3.03. The predicted molar refractivity (Wildman–Crippen MR) is 83.7 cm³/mol. The summed E-state index contributed by atoms with van der Waals surface area (Å²) in [5, 5.41) is 0. The monoisotopic (exact) mass is 273 g/mol. The van der Waals surface area contributed by atoms with Crippen LogP contribution in [-0.2, 0) is 16.8 Å². The summed E-state index contributed by atoms with van der Waals surface area (Å²) in [6.45, 7) is 12.3. The Balaban J connectivity index is 0.000000704. The second-order valence-electron chi connectivity index (χ2n) is 6.51. The van der Waals surface area contributed by atoms with Gasteiger partial charge in [0.2, 0.25) is 5.91 Å². The number of hydrogen-bond acceptors (Lipinski definition) is 1. The molecule has 1 heterocycles. The SMILES string of the molecule is CC.Cc1ccc2c(c1)C(C)(C)CN(C(=O)C1CC1)C2. The van der Waals surface area contributed by atoms with Gasteiger partial charge in [0.25, 0.3) is 0 Å². The molecule has 20 heavy (non-hydrogen) atoms. The van der Waals surface area contributed by atoms with Gasteiger partial charge in [-0.2, -0.15) is 0 Å². The molecule has 0 spiro atoms. The van der Waals surface area contributed by atoms with Crippen LogP contribution in [0.4, 0.5) is 0 Å². The van der Waals surface area contributed by atoms with Gasteiger partial charge in [0.1, 0.15) is 0 Å². The standard InChI is InChI=1S/C16H21NO.C2H6/c1-11-4-5-13-9-17(15(18)12-6-7-12)10-16(2,3)14(13)8-11;1-2/h4-5,8,12H,6-7,9-10H2,1-3H3;1-2H3. The van der Waals surface area contributed by atoms with Gasteiger partial charge in [-0.25, -0.2) is 0 Å². The molecule has 1 aromatic rings. The van der Waals surface area contributed by atoms with Crippen molar-refractivity contribution in [1.82, 2.24) is 4.90 Å². The fourth-order valence-corrected chi connectivity index (χ4v) is 3.03. The van der Waals surface area contributed by atoms with E-state index in [9.17, 15) is 4.79 Å². The van der Waals surface area contributed by atoms with Crippen molar-refractivity contribution in [2.45, 2.75) is 59.4 Å². The Bertz CT molecular complexity index is 500. The summed E-state index contributed by atoms with van der Waals surface area (Å²) in [7, 11) is 0. The zero-order valence-corrected chi connectivity index (χ0v) is 13.5. The van der Waals surface area contributed by atoms with Gasteiger partial charge in [-0.3, -0.25) is 4.79 Å². The predicted octanol–water partition coefficient (Wildman–Crippen LogP) is 4.05. The van der Waals surface area contributed by atoms with Gasteiger partial charge in [0.05, 0.1) is 0 Å². The molecule has 3 rings (SSSR count). The van der Waals surface area contributed by atoms with Gasteiger partial charge < -0.3 is 4.90 Å². The van der Waals surface area contributed by atoms with Gasteiger partial charge in [0, 0.05) is 24.4 Å². The largest absolute Gasteiger partial charge is 0.337 e. The number of aryl methyl sites for hydroxylation is 1. The maximum atomic E-state index is 12.3. The van der Waals surface area contributed by atoms with Crippen molar-refractivity contribution in [1.29, 1.82) is 0 Å².